The number of likely N-dealkylation sites (N-methyl/N-ethyl adjacent to an activating group) is 1. The molecule has 5 nitrogen and oxygen atoms in total. The highest BCUT2D eigenvalue weighted by Gasteiger charge is 2.16. The Labute approximate surface area is 118 Å². The minimum absolute atomic E-state index is 0.0673. The number of carbonyl (C=O) groups is 1. The molecule has 0 bridgehead atoms. The first kappa shape index (κ1) is 15.8. The molecule has 6 heteroatoms. The number of ether oxygens (including phenoxy) is 1. The van der Waals surface area contributed by atoms with Gasteiger partial charge in [0.05, 0.1) is 6.61 Å². The van der Waals surface area contributed by atoms with Gasteiger partial charge in [0, 0.05) is 37.8 Å². The summed E-state index contributed by atoms with van der Waals surface area (Å²) < 4.78 is 5.34. The Balaban J connectivity index is 2.59. The summed E-state index contributed by atoms with van der Waals surface area (Å²) >= 11 is 6.09. The largest absolute Gasteiger partial charge is 0.395 e. The van der Waals surface area contributed by atoms with Crippen LogP contribution < -0.4 is 5.32 Å². The fourth-order valence-corrected chi connectivity index (χ4v) is 1.88. The number of aliphatic hydroxyl groups is 1. The lowest BCUT2D eigenvalue weighted by atomic mass is 10.1. The van der Waals surface area contributed by atoms with Crippen LogP contribution in [0, 0.1) is 0 Å². The highest BCUT2D eigenvalue weighted by molar-refractivity contribution is 6.31. The second-order valence-electron chi connectivity index (χ2n) is 4.08. The van der Waals surface area contributed by atoms with Crippen LogP contribution in [0.3, 0.4) is 0 Å². The molecule has 0 spiro atoms. The van der Waals surface area contributed by atoms with E-state index in [2.05, 4.69) is 5.32 Å². The van der Waals surface area contributed by atoms with Crippen molar-refractivity contribution in [2.24, 2.45) is 0 Å². The van der Waals surface area contributed by atoms with Crippen LogP contribution in [0.2, 0.25) is 5.02 Å². The van der Waals surface area contributed by atoms with Crippen LogP contribution >= 0.6 is 11.6 Å². The summed E-state index contributed by atoms with van der Waals surface area (Å²) in [5, 5.41) is 12.1. The van der Waals surface area contributed by atoms with Crippen molar-refractivity contribution >= 4 is 17.6 Å². The molecule has 1 rings (SSSR count). The zero-order valence-electron chi connectivity index (χ0n) is 11.1. The topological polar surface area (TPSA) is 61.8 Å². The van der Waals surface area contributed by atoms with E-state index < -0.39 is 0 Å². The number of benzene rings is 1. The number of nitrogens with one attached hydrogen (secondary N) is 1. The number of halogens is 1. The predicted octanol–water partition coefficient (Wildman–Crippen LogP) is 1.66. The smallest absolute Gasteiger partial charge is 0.317 e. The number of rotatable bonds is 6. The Hall–Kier alpha value is -1.30. The summed E-state index contributed by atoms with van der Waals surface area (Å²) in [5.41, 5.74) is 0.830. The van der Waals surface area contributed by atoms with E-state index in [0.717, 1.165) is 5.56 Å². The summed E-state index contributed by atoms with van der Waals surface area (Å²) in [7, 11) is 3.18. The summed E-state index contributed by atoms with van der Waals surface area (Å²) in [6.45, 7) is 0.534. The molecule has 0 saturated heterocycles. The van der Waals surface area contributed by atoms with Crippen molar-refractivity contribution in [1.82, 2.24) is 10.2 Å². The zero-order chi connectivity index (χ0) is 14.3. The third-order valence-electron chi connectivity index (χ3n) is 2.76. The first-order valence-electron chi connectivity index (χ1n) is 5.97. The first-order valence-corrected chi connectivity index (χ1v) is 6.35. The SMILES string of the molecule is COC(CNC(=O)N(C)CCO)c1ccccc1Cl. The minimum atomic E-state index is -0.305. The fourth-order valence-electron chi connectivity index (χ4n) is 1.62. The highest BCUT2D eigenvalue weighted by atomic mass is 35.5. The summed E-state index contributed by atoms with van der Waals surface area (Å²) in [5.74, 6) is 0. The molecule has 1 unspecified atom stereocenters. The average Bonchev–Trinajstić information content (AvgIpc) is 2.41. The number of aliphatic hydroxyl groups excluding tert-OH is 1. The number of urea groups is 1. The van der Waals surface area contributed by atoms with Crippen molar-refractivity contribution in [3.05, 3.63) is 34.9 Å². The summed E-state index contributed by atoms with van der Waals surface area (Å²) in [6.07, 6.45) is -0.305. The molecule has 0 fully saturated rings. The van der Waals surface area contributed by atoms with E-state index in [1.165, 1.54) is 4.90 Å². The van der Waals surface area contributed by atoms with E-state index in [1.807, 2.05) is 18.2 Å². The van der Waals surface area contributed by atoms with Crippen LogP contribution in [0.4, 0.5) is 4.79 Å². The lowest BCUT2D eigenvalue weighted by Gasteiger charge is -2.21. The van der Waals surface area contributed by atoms with Gasteiger partial charge in [-0.1, -0.05) is 29.8 Å². The molecule has 0 aliphatic heterocycles. The van der Waals surface area contributed by atoms with Gasteiger partial charge in [0.2, 0.25) is 0 Å². The monoisotopic (exact) mass is 286 g/mol. The number of nitrogens with zero attached hydrogens (tertiary/aromatic N) is 1. The third kappa shape index (κ3) is 4.70. The van der Waals surface area contributed by atoms with Crippen LogP contribution in [-0.4, -0.2) is 49.9 Å². The van der Waals surface area contributed by atoms with Gasteiger partial charge in [0.15, 0.2) is 0 Å². The Morgan fingerprint density at radius 3 is 2.79 bits per heavy atom. The molecule has 0 aromatic heterocycles. The van der Waals surface area contributed by atoms with Crippen LogP contribution in [0.25, 0.3) is 0 Å². The molecule has 0 saturated carbocycles. The van der Waals surface area contributed by atoms with Gasteiger partial charge in [-0.3, -0.25) is 0 Å². The maximum atomic E-state index is 11.7. The Morgan fingerprint density at radius 1 is 1.53 bits per heavy atom. The average molecular weight is 287 g/mol. The molecule has 0 heterocycles. The van der Waals surface area contributed by atoms with Gasteiger partial charge in [0.1, 0.15) is 6.10 Å². The molecular weight excluding hydrogens is 268 g/mol. The van der Waals surface area contributed by atoms with Gasteiger partial charge in [-0.15, -0.1) is 0 Å². The second kappa shape index (κ2) is 7.99. The lowest BCUT2D eigenvalue weighted by molar-refractivity contribution is 0.101. The molecule has 0 radical (unpaired) electrons. The van der Waals surface area contributed by atoms with E-state index in [1.54, 1.807) is 20.2 Å². The number of amides is 2. The van der Waals surface area contributed by atoms with E-state index in [0.29, 0.717) is 11.6 Å². The van der Waals surface area contributed by atoms with Crippen molar-refractivity contribution in [2.75, 3.05) is 33.9 Å². The van der Waals surface area contributed by atoms with Gasteiger partial charge in [0.25, 0.3) is 0 Å². The highest BCUT2D eigenvalue weighted by Crippen LogP contribution is 2.24. The minimum Gasteiger partial charge on any atom is -0.395 e. The molecule has 1 aromatic rings. The maximum Gasteiger partial charge on any atom is 0.317 e. The molecule has 1 atom stereocenters. The number of hydrogen-bond donors (Lipinski definition) is 2. The molecule has 0 aliphatic carbocycles. The van der Waals surface area contributed by atoms with Crippen LogP contribution in [0.1, 0.15) is 11.7 Å². The van der Waals surface area contributed by atoms with Crippen LogP contribution in [0.5, 0.6) is 0 Å². The molecule has 106 valence electrons. The van der Waals surface area contributed by atoms with Crippen molar-refractivity contribution in [3.63, 3.8) is 0 Å². The number of methoxy groups -OCH3 is 1. The van der Waals surface area contributed by atoms with E-state index in [-0.39, 0.29) is 25.3 Å². The predicted molar refractivity (Wildman–Crippen MR) is 74.3 cm³/mol. The van der Waals surface area contributed by atoms with Crippen molar-refractivity contribution < 1.29 is 14.6 Å². The Kier molecular flexibility index (Phi) is 6.62. The van der Waals surface area contributed by atoms with Gasteiger partial charge < -0.3 is 20.1 Å². The van der Waals surface area contributed by atoms with Crippen LogP contribution in [-0.2, 0) is 4.74 Å². The normalized spacial score (nSPS) is 12.0. The summed E-state index contributed by atoms with van der Waals surface area (Å²) in [6, 6.07) is 7.09. The molecule has 19 heavy (non-hydrogen) atoms. The van der Waals surface area contributed by atoms with Gasteiger partial charge in [-0.2, -0.15) is 0 Å². The Morgan fingerprint density at radius 2 is 2.21 bits per heavy atom. The van der Waals surface area contributed by atoms with Gasteiger partial charge in [-0.25, -0.2) is 4.79 Å². The first-order chi connectivity index (χ1) is 9.10. The van der Waals surface area contributed by atoms with Gasteiger partial charge in [-0.05, 0) is 6.07 Å². The standard InChI is InChI=1S/C13H19ClN2O3/c1-16(7-8-17)13(18)15-9-12(19-2)10-5-3-4-6-11(10)14/h3-6,12,17H,7-9H2,1-2H3,(H,15,18). The zero-order valence-corrected chi connectivity index (χ0v) is 11.9. The quantitative estimate of drug-likeness (QED) is 0.836. The molecule has 2 N–H and O–H groups in total. The third-order valence-corrected chi connectivity index (χ3v) is 3.10. The fraction of sp³-hybridized carbons (Fsp3) is 0.462. The van der Waals surface area contributed by atoms with Crippen molar-refractivity contribution in [3.8, 4) is 0 Å². The van der Waals surface area contributed by atoms with Crippen molar-refractivity contribution in [2.45, 2.75) is 6.10 Å². The van der Waals surface area contributed by atoms with E-state index in [4.69, 9.17) is 21.4 Å². The molecular formula is C13H19ClN2O3. The summed E-state index contributed by atoms with van der Waals surface area (Å²) in [4.78, 5) is 13.1. The molecule has 0 aliphatic rings. The Bertz CT molecular complexity index is 415. The van der Waals surface area contributed by atoms with E-state index >= 15 is 0 Å². The lowest BCUT2D eigenvalue weighted by Crippen LogP contribution is -2.40. The van der Waals surface area contributed by atoms with E-state index in [9.17, 15) is 4.79 Å². The molecule has 1 aromatic carbocycles. The number of hydrogen-bond acceptors (Lipinski definition) is 3. The number of carbonyl (C=O) groups excluding carboxylic acids is 1. The van der Waals surface area contributed by atoms with Gasteiger partial charge >= 0.3 is 6.03 Å². The van der Waals surface area contributed by atoms with Crippen molar-refractivity contribution in [1.29, 1.82) is 0 Å². The molecule has 2 amide bonds. The second-order valence-corrected chi connectivity index (χ2v) is 4.48. The van der Waals surface area contributed by atoms with Crippen LogP contribution in [0.15, 0.2) is 24.3 Å². The maximum absolute atomic E-state index is 11.7.